The van der Waals surface area contributed by atoms with Crippen molar-refractivity contribution in [1.82, 2.24) is 9.97 Å². The van der Waals surface area contributed by atoms with Gasteiger partial charge in [0.2, 0.25) is 0 Å². The van der Waals surface area contributed by atoms with Gasteiger partial charge in [-0.2, -0.15) is 0 Å². The zero-order valence-electron chi connectivity index (χ0n) is 11.3. The molecule has 0 unspecified atom stereocenters. The Labute approximate surface area is 100 Å². The summed E-state index contributed by atoms with van der Waals surface area (Å²) < 4.78 is 0. The maximum absolute atomic E-state index is 3.14. The summed E-state index contributed by atoms with van der Waals surface area (Å²) in [7, 11) is 0. The van der Waals surface area contributed by atoms with Gasteiger partial charge in [0, 0.05) is 22.8 Å². The molecule has 0 aliphatic carbocycles. The average Bonchev–Trinajstić information content (AvgIpc) is 2.63. The fourth-order valence-electron chi connectivity index (χ4n) is 1.29. The van der Waals surface area contributed by atoms with Crippen molar-refractivity contribution in [2.75, 3.05) is 0 Å². The molecule has 0 radical (unpaired) electrons. The van der Waals surface area contributed by atoms with Gasteiger partial charge in [0.05, 0.1) is 0 Å². The third kappa shape index (κ3) is 6.12. The number of aromatic amines is 2. The lowest BCUT2D eigenvalue weighted by atomic mass is 10.5. The van der Waals surface area contributed by atoms with Gasteiger partial charge in [-0.3, -0.25) is 0 Å². The smallest absolute Gasteiger partial charge is 0.0117 e. The number of H-pyrrole nitrogens is 2. The van der Waals surface area contributed by atoms with Gasteiger partial charge in [-0.25, -0.2) is 0 Å². The highest BCUT2D eigenvalue weighted by Crippen LogP contribution is 1.96. The Hall–Kier alpha value is -1.44. The van der Waals surface area contributed by atoms with Crippen molar-refractivity contribution in [2.45, 2.75) is 27.7 Å². The van der Waals surface area contributed by atoms with Gasteiger partial charge >= 0.3 is 0 Å². The Morgan fingerprint density at radius 3 is 0.812 bits per heavy atom. The van der Waals surface area contributed by atoms with E-state index < -0.39 is 0 Å². The van der Waals surface area contributed by atoms with Gasteiger partial charge in [-0.05, 0) is 52.0 Å². The lowest BCUT2D eigenvalue weighted by Gasteiger charge is -1.77. The van der Waals surface area contributed by atoms with Crippen molar-refractivity contribution in [3.05, 3.63) is 61.9 Å². The average molecular weight is 220 g/mol. The molecule has 16 heavy (non-hydrogen) atoms. The second-order valence-corrected chi connectivity index (χ2v) is 3.65. The zero-order chi connectivity index (χ0) is 10.6. The van der Waals surface area contributed by atoms with Crippen LogP contribution in [0.1, 0.15) is 22.8 Å². The van der Waals surface area contributed by atoms with Crippen molar-refractivity contribution >= 4 is 0 Å². The Kier molecular flexibility index (Phi) is 8.27. The second-order valence-electron chi connectivity index (χ2n) is 3.65. The molecule has 2 heteroatoms. The van der Waals surface area contributed by atoms with Crippen molar-refractivity contribution < 1.29 is 0 Å². The molecule has 0 bridgehead atoms. The number of rotatable bonds is 0. The van der Waals surface area contributed by atoms with Crippen LogP contribution in [0.15, 0.2) is 24.3 Å². The molecule has 2 heterocycles. The highest BCUT2D eigenvalue weighted by Gasteiger charge is 1.82. The largest absolute Gasteiger partial charge is 0.363 e. The summed E-state index contributed by atoms with van der Waals surface area (Å²) in [6.07, 6.45) is 0. The van der Waals surface area contributed by atoms with Crippen LogP contribution in [0, 0.1) is 42.5 Å². The van der Waals surface area contributed by atoms with E-state index in [0.29, 0.717) is 0 Å². The first-order chi connectivity index (χ1) is 6.58. The zero-order valence-corrected chi connectivity index (χ0v) is 11.3. The molecule has 0 amide bonds. The molecule has 0 saturated carbocycles. The van der Waals surface area contributed by atoms with Gasteiger partial charge < -0.3 is 24.8 Å². The third-order valence-corrected chi connectivity index (χ3v) is 1.96. The van der Waals surface area contributed by atoms with Crippen LogP contribution >= 0.6 is 0 Å². The van der Waals surface area contributed by atoms with E-state index in [4.69, 9.17) is 0 Å². The van der Waals surface area contributed by atoms with Gasteiger partial charge in [0.15, 0.2) is 0 Å². The predicted octanol–water partition coefficient (Wildman–Crippen LogP) is 4.16. The summed E-state index contributed by atoms with van der Waals surface area (Å²) in [5.74, 6) is 0. The predicted molar refractivity (Wildman–Crippen MR) is 73.4 cm³/mol. The minimum Gasteiger partial charge on any atom is -0.363 e. The Balaban J connectivity index is 0. The Bertz CT molecular complexity index is 312. The fourth-order valence-corrected chi connectivity index (χ4v) is 1.29. The maximum atomic E-state index is 3.14. The molecule has 2 N–H and O–H groups in total. The van der Waals surface area contributed by atoms with Crippen LogP contribution in [0.25, 0.3) is 0 Å². The summed E-state index contributed by atoms with van der Waals surface area (Å²) >= 11 is 0. The molecule has 0 saturated heterocycles. The van der Waals surface area contributed by atoms with E-state index >= 15 is 0 Å². The number of aromatic nitrogens is 2. The summed E-state index contributed by atoms with van der Waals surface area (Å²) in [5, 5.41) is 0. The first-order valence-corrected chi connectivity index (χ1v) is 4.82. The quantitative estimate of drug-likeness (QED) is 0.625. The first-order valence-electron chi connectivity index (χ1n) is 4.82. The van der Waals surface area contributed by atoms with Crippen LogP contribution in [0.2, 0.25) is 0 Å². The maximum Gasteiger partial charge on any atom is 0.0117 e. The van der Waals surface area contributed by atoms with E-state index in [-0.39, 0.29) is 14.9 Å². The van der Waals surface area contributed by atoms with Crippen molar-refractivity contribution in [3.63, 3.8) is 0 Å². The fraction of sp³-hybridized carbons (Fsp3) is 0.286. The third-order valence-electron chi connectivity index (χ3n) is 1.96. The molecule has 2 aromatic rings. The molecule has 0 spiro atoms. The topological polar surface area (TPSA) is 31.6 Å². The van der Waals surface area contributed by atoms with E-state index in [1.54, 1.807) is 0 Å². The van der Waals surface area contributed by atoms with Crippen LogP contribution in [0.5, 0.6) is 0 Å². The second kappa shape index (κ2) is 7.80. The van der Waals surface area contributed by atoms with Crippen LogP contribution in [-0.2, 0) is 0 Å². The van der Waals surface area contributed by atoms with Crippen LogP contribution in [0.3, 0.4) is 0 Å². The minimum absolute atomic E-state index is 0. The molecule has 0 atom stereocenters. The van der Waals surface area contributed by atoms with E-state index in [1.807, 2.05) is 27.7 Å². The summed E-state index contributed by atoms with van der Waals surface area (Å²) in [5.41, 5.74) is 4.94. The summed E-state index contributed by atoms with van der Waals surface area (Å²) in [6, 6.07) is 8.26. The summed E-state index contributed by atoms with van der Waals surface area (Å²) in [4.78, 5) is 6.28. The molecular formula is C14H24N2-2. The monoisotopic (exact) mass is 220 g/mol. The lowest BCUT2D eigenvalue weighted by Crippen LogP contribution is -1.67. The van der Waals surface area contributed by atoms with E-state index in [2.05, 4.69) is 34.2 Å². The van der Waals surface area contributed by atoms with Crippen LogP contribution in [0.4, 0.5) is 0 Å². The van der Waals surface area contributed by atoms with Crippen LogP contribution < -0.4 is 0 Å². The normalized spacial score (nSPS) is 8.25. The molecule has 0 aliphatic rings. The highest BCUT2D eigenvalue weighted by atomic mass is 14.7. The Morgan fingerprint density at radius 2 is 0.750 bits per heavy atom. The van der Waals surface area contributed by atoms with Gasteiger partial charge in [0.1, 0.15) is 0 Å². The summed E-state index contributed by atoms with van der Waals surface area (Å²) in [6.45, 7) is 8.19. The molecule has 2 rings (SSSR count). The van der Waals surface area contributed by atoms with Gasteiger partial charge in [-0.15, -0.1) is 0 Å². The van der Waals surface area contributed by atoms with Gasteiger partial charge in [0.25, 0.3) is 0 Å². The Morgan fingerprint density at radius 1 is 0.562 bits per heavy atom. The lowest BCUT2D eigenvalue weighted by molar-refractivity contribution is 1.19. The van der Waals surface area contributed by atoms with Crippen molar-refractivity contribution in [3.8, 4) is 0 Å². The van der Waals surface area contributed by atoms with Crippen molar-refractivity contribution in [2.24, 2.45) is 0 Å². The SMILES string of the molecule is Cc1ccc(C)[nH]1.Cc1ccc(C)[nH]1.[CH3-].[CH3-]. The van der Waals surface area contributed by atoms with E-state index in [0.717, 1.165) is 0 Å². The molecule has 0 aliphatic heterocycles. The molecular weight excluding hydrogens is 196 g/mol. The number of nitrogens with one attached hydrogen (secondary N) is 2. The van der Waals surface area contributed by atoms with Crippen molar-refractivity contribution in [1.29, 1.82) is 0 Å². The molecule has 2 aromatic heterocycles. The first kappa shape index (κ1) is 17.0. The van der Waals surface area contributed by atoms with Gasteiger partial charge in [-0.1, -0.05) is 0 Å². The van der Waals surface area contributed by atoms with E-state index in [1.165, 1.54) is 22.8 Å². The number of hydrogen-bond donors (Lipinski definition) is 2. The molecule has 2 nitrogen and oxygen atoms in total. The highest BCUT2D eigenvalue weighted by molar-refractivity contribution is 5.09. The number of aryl methyl sites for hydroxylation is 4. The molecule has 0 aromatic carbocycles. The van der Waals surface area contributed by atoms with Crippen LogP contribution in [-0.4, -0.2) is 9.97 Å². The minimum atomic E-state index is 0. The molecule has 0 fully saturated rings. The number of hydrogen-bond acceptors (Lipinski definition) is 0. The standard InChI is InChI=1S/2C6H9N.2CH3/c2*1-5-3-4-6(2)7-5;;/h2*3-4,7H,1-2H3;2*1H3/q;;2*-1. The van der Waals surface area contributed by atoms with E-state index in [9.17, 15) is 0 Å². The molecule has 92 valence electrons.